The minimum absolute atomic E-state index is 0.0319. The maximum absolute atomic E-state index is 12.6. The molecular formula is C12H22N4O2S. The predicted octanol–water partition coefficient (Wildman–Crippen LogP) is 0.857. The minimum Gasteiger partial charge on any atom is -0.316 e. The third-order valence-electron chi connectivity index (χ3n) is 3.89. The van der Waals surface area contributed by atoms with Gasteiger partial charge in [-0.3, -0.25) is 5.10 Å². The van der Waals surface area contributed by atoms with E-state index in [4.69, 9.17) is 0 Å². The molecule has 0 amide bonds. The van der Waals surface area contributed by atoms with Gasteiger partial charge in [-0.15, -0.1) is 0 Å². The third-order valence-corrected chi connectivity index (χ3v) is 5.81. The Kier molecular flexibility index (Phi) is 3.98. The van der Waals surface area contributed by atoms with Crippen LogP contribution in [0.25, 0.3) is 0 Å². The number of rotatable bonds is 6. The second kappa shape index (κ2) is 5.22. The zero-order chi connectivity index (χ0) is 14.2. The Labute approximate surface area is 114 Å². The van der Waals surface area contributed by atoms with Crippen LogP contribution in [0.15, 0.2) is 5.03 Å². The average Bonchev–Trinajstić information content (AvgIpc) is 3.14. The van der Waals surface area contributed by atoms with E-state index in [9.17, 15) is 8.42 Å². The molecule has 108 valence electrons. The van der Waals surface area contributed by atoms with Gasteiger partial charge in [0.2, 0.25) is 0 Å². The van der Waals surface area contributed by atoms with Gasteiger partial charge in [0.25, 0.3) is 10.0 Å². The first-order chi connectivity index (χ1) is 8.89. The fourth-order valence-electron chi connectivity index (χ4n) is 2.26. The van der Waals surface area contributed by atoms with Crippen molar-refractivity contribution in [1.29, 1.82) is 0 Å². The standard InChI is InChI=1S/C12H22N4O2S/c1-8-11(7-13-3)12(15-14-8)19(17,18)16(4)9(2)10-5-6-10/h9-10,13H,5-7H2,1-4H3,(H,14,15). The second-order valence-electron chi connectivity index (χ2n) is 5.26. The van der Waals surface area contributed by atoms with Crippen molar-refractivity contribution in [3.05, 3.63) is 11.3 Å². The van der Waals surface area contributed by atoms with Crippen molar-refractivity contribution in [3.8, 4) is 0 Å². The monoisotopic (exact) mass is 286 g/mol. The van der Waals surface area contributed by atoms with E-state index in [1.54, 1.807) is 14.1 Å². The number of H-pyrrole nitrogens is 1. The largest absolute Gasteiger partial charge is 0.316 e. The highest BCUT2D eigenvalue weighted by Gasteiger charge is 2.38. The molecule has 0 saturated heterocycles. The summed E-state index contributed by atoms with van der Waals surface area (Å²) in [6.45, 7) is 4.29. The molecule has 1 saturated carbocycles. The van der Waals surface area contributed by atoms with Gasteiger partial charge in [-0.05, 0) is 39.7 Å². The first kappa shape index (κ1) is 14.5. The molecule has 0 radical (unpaired) electrons. The molecule has 1 aromatic heterocycles. The van der Waals surface area contributed by atoms with Crippen LogP contribution in [0.2, 0.25) is 0 Å². The van der Waals surface area contributed by atoms with E-state index >= 15 is 0 Å². The summed E-state index contributed by atoms with van der Waals surface area (Å²) in [7, 11) is -0.0889. The highest BCUT2D eigenvalue weighted by Crippen LogP contribution is 2.36. The first-order valence-electron chi connectivity index (χ1n) is 6.56. The Morgan fingerprint density at radius 1 is 1.53 bits per heavy atom. The van der Waals surface area contributed by atoms with Crippen molar-refractivity contribution >= 4 is 10.0 Å². The number of aromatic amines is 1. The van der Waals surface area contributed by atoms with Crippen LogP contribution in [-0.2, 0) is 16.6 Å². The summed E-state index contributed by atoms with van der Waals surface area (Å²) in [5, 5.41) is 9.90. The third kappa shape index (κ3) is 2.68. The fourth-order valence-corrected chi connectivity index (χ4v) is 3.84. The van der Waals surface area contributed by atoms with E-state index in [1.165, 1.54) is 4.31 Å². The summed E-state index contributed by atoms with van der Waals surface area (Å²) in [5.41, 5.74) is 1.51. The molecule has 0 spiro atoms. The summed E-state index contributed by atoms with van der Waals surface area (Å²) in [5.74, 6) is 0.493. The smallest absolute Gasteiger partial charge is 0.262 e. The summed E-state index contributed by atoms with van der Waals surface area (Å²) in [4.78, 5) is 0. The van der Waals surface area contributed by atoms with Crippen LogP contribution in [-0.4, -0.2) is 43.1 Å². The highest BCUT2D eigenvalue weighted by atomic mass is 32.2. The molecule has 0 aliphatic heterocycles. The number of hydrogen-bond acceptors (Lipinski definition) is 4. The Bertz CT molecular complexity index is 548. The molecule has 1 aromatic rings. The minimum atomic E-state index is -3.52. The summed E-state index contributed by atoms with van der Waals surface area (Å²) in [6.07, 6.45) is 2.23. The van der Waals surface area contributed by atoms with Crippen LogP contribution in [0, 0.1) is 12.8 Å². The topological polar surface area (TPSA) is 78.1 Å². The van der Waals surface area contributed by atoms with Gasteiger partial charge in [0.15, 0.2) is 5.03 Å². The zero-order valence-electron chi connectivity index (χ0n) is 11.9. The Morgan fingerprint density at radius 2 is 2.16 bits per heavy atom. The second-order valence-corrected chi connectivity index (χ2v) is 7.17. The lowest BCUT2D eigenvalue weighted by Gasteiger charge is -2.23. The quantitative estimate of drug-likeness (QED) is 0.813. The Morgan fingerprint density at radius 3 is 2.68 bits per heavy atom. The Hall–Kier alpha value is -0.920. The van der Waals surface area contributed by atoms with Crippen molar-refractivity contribution in [2.45, 2.75) is 44.3 Å². The van der Waals surface area contributed by atoms with Gasteiger partial charge in [-0.2, -0.15) is 9.40 Å². The van der Waals surface area contributed by atoms with Gasteiger partial charge in [0, 0.05) is 30.9 Å². The molecule has 2 rings (SSSR count). The van der Waals surface area contributed by atoms with Crippen LogP contribution in [0.3, 0.4) is 0 Å². The van der Waals surface area contributed by atoms with Gasteiger partial charge in [-0.1, -0.05) is 0 Å². The number of aromatic nitrogens is 2. The maximum atomic E-state index is 12.6. The molecule has 1 atom stereocenters. The normalized spacial score (nSPS) is 17.9. The lowest BCUT2D eigenvalue weighted by Crippen LogP contribution is -2.37. The van der Waals surface area contributed by atoms with E-state index in [1.807, 2.05) is 13.8 Å². The van der Waals surface area contributed by atoms with Gasteiger partial charge in [0.1, 0.15) is 0 Å². The molecule has 1 heterocycles. The van der Waals surface area contributed by atoms with Crippen LogP contribution in [0.4, 0.5) is 0 Å². The Balaban J connectivity index is 2.33. The highest BCUT2D eigenvalue weighted by molar-refractivity contribution is 7.89. The van der Waals surface area contributed by atoms with E-state index in [2.05, 4.69) is 15.5 Å². The molecule has 2 N–H and O–H groups in total. The van der Waals surface area contributed by atoms with E-state index in [0.29, 0.717) is 12.5 Å². The number of aryl methyl sites for hydroxylation is 1. The van der Waals surface area contributed by atoms with Crippen LogP contribution < -0.4 is 5.32 Å². The van der Waals surface area contributed by atoms with Gasteiger partial charge < -0.3 is 5.32 Å². The van der Waals surface area contributed by atoms with E-state index < -0.39 is 10.0 Å². The van der Waals surface area contributed by atoms with Crippen LogP contribution in [0.1, 0.15) is 31.0 Å². The van der Waals surface area contributed by atoms with Crippen molar-refractivity contribution in [2.24, 2.45) is 5.92 Å². The predicted molar refractivity (Wildman–Crippen MR) is 73.2 cm³/mol. The first-order valence-corrected chi connectivity index (χ1v) is 8.00. The van der Waals surface area contributed by atoms with Crippen LogP contribution in [0.5, 0.6) is 0 Å². The maximum Gasteiger partial charge on any atom is 0.262 e. The molecule has 19 heavy (non-hydrogen) atoms. The number of nitrogens with zero attached hydrogens (tertiary/aromatic N) is 2. The lowest BCUT2D eigenvalue weighted by atomic mass is 10.2. The molecule has 7 heteroatoms. The molecule has 1 fully saturated rings. The summed E-state index contributed by atoms with van der Waals surface area (Å²) < 4.78 is 26.7. The zero-order valence-corrected chi connectivity index (χ0v) is 12.7. The number of hydrogen-bond donors (Lipinski definition) is 2. The van der Waals surface area contributed by atoms with Crippen molar-refractivity contribution in [1.82, 2.24) is 19.8 Å². The molecular weight excluding hydrogens is 264 g/mol. The molecule has 0 aromatic carbocycles. The molecule has 1 unspecified atom stereocenters. The molecule has 1 aliphatic rings. The molecule has 6 nitrogen and oxygen atoms in total. The van der Waals surface area contributed by atoms with Crippen LogP contribution >= 0.6 is 0 Å². The number of sulfonamides is 1. The van der Waals surface area contributed by atoms with Gasteiger partial charge in [0.05, 0.1) is 0 Å². The van der Waals surface area contributed by atoms with Gasteiger partial charge >= 0.3 is 0 Å². The van der Waals surface area contributed by atoms with E-state index in [0.717, 1.165) is 24.1 Å². The van der Waals surface area contributed by atoms with Gasteiger partial charge in [-0.25, -0.2) is 8.42 Å². The average molecular weight is 286 g/mol. The lowest BCUT2D eigenvalue weighted by molar-refractivity contribution is 0.355. The number of nitrogens with one attached hydrogen (secondary N) is 2. The SMILES string of the molecule is CNCc1c(S(=O)(=O)N(C)C(C)C2CC2)n[nH]c1C. The fraction of sp³-hybridized carbons (Fsp3) is 0.750. The molecule has 0 bridgehead atoms. The van der Waals surface area contributed by atoms with Crippen molar-refractivity contribution < 1.29 is 8.42 Å². The van der Waals surface area contributed by atoms with Crippen molar-refractivity contribution in [2.75, 3.05) is 14.1 Å². The molecule has 1 aliphatic carbocycles. The summed E-state index contributed by atoms with van der Waals surface area (Å²) in [6, 6.07) is 0.0319. The van der Waals surface area contributed by atoms with E-state index in [-0.39, 0.29) is 11.1 Å². The summed E-state index contributed by atoms with van der Waals surface area (Å²) >= 11 is 0. The van der Waals surface area contributed by atoms with Crippen molar-refractivity contribution in [3.63, 3.8) is 0 Å².